The van der Waals surface area contributed by atoms with Gasteiger partial charge >= 0.3 is 0 Å². The summed E-state index contributed by atoms with van der Waals surface area (Å²) in [5.41, 5.74) is 0.940. The van der Waals surface area contributed by atoms with Crippen LogP contribution in [0, 0.1) is 6.92 Å². The van der Waals surface area contributed by atoms with Crippen molar-refractivity contribution < 1.29 is 30.5 Å². The zero-order chi connectivity index (χ0) is 21.0. The monoisotopic (exact) mass is 440 g/mol. The number of sulfone groups is 1. The van der Waals surface area contributed by atoms with E-state index in [0.717, 1.165) is 5.56 Å². The van der Waals surface area contributed by atoms with E-state index in [1.54, 1.807) is 30.3 Å². The van der Waals surface area contributed by atoms with E-state index in [2.05, 4.69) is 0 Å². The van der Waals surface area contributed by atoms with Crippen LogP contribution in [0.4, 0.5) is 0 Å². The van der Waals surface area contributed by atoms with Gasteiger partial charge in [0.05, 0.1) is 35.4 Å². The maximum Gasteiger partial charge on any atom is 0.296 e. The van der Waals surface area contributed by atoms with Crippen LogP contribution in [-0.2, 0) is 33.6 Å². The molecule has 0 amide bonds. The number of aryl methyl sites for hydroxylation is 1. The quantitative estimate of drug-likeness (QED) is 0.553. The number of hydrogen-bond acceptors (Lipinski definition) is 7. The van der Waals surface area contributed by atoms with Crippen molar-refractivity contribution in [1.82, 2.24) is 0 Å². The normalized spacial score (nSPS) is 16.7. The molecule has 0 aliphatic carbocycles. The average molecular weight is 441 g/mol. The summed E-state index contributed by atoms with van der Waals surface area (Å²) in [7, 11) is -7.42. The Hall–Kier alpha value is -1.78. The van der Waals surface area contributed by atoms with Crippen molar-refractivity contribution in [2.75, 3.05) is 25.6 Å². The van der Waals surface area contributed by atoms with Crippen molar-refractivity contribution in [1.29, 1.82) is 0 Å². The first-order chi connectivity index (χ1) is 13.7. The summed E-state index contributed by atoms with van der Waals surface area (Å²) >= 11 is 0. The van der Waals surface area contributed by atoms with Gasteiger partial charge in [-0.3, -0.25) is 4.18 Å². The van der Waals surface area contributed by atoms with Gasteiger partial charge in [0.25, 0.3) is 10.1 Å². The van der Waals surface area contributed by atoms with Gasteiger partial charge in [-0.1, -0.05) is 35.9 Å². The predicted molar refractivity (Wildman–Crippen MR) is 107 cm³/mol. The highest BCUT2D eigenvalue weighted by molar-refractivity contribution is 7.91. The van der Waals surface area contributed by atoms with Gasteiger partial charge in [0.15, 0.2) is 15.6 Å². The number of benzene rings is 2. The Balaban J connectivity index is 1.62. The highest BCUT2D eigenvalue weighted by Crippen LogP contribution is 2.29. The molecule has 2 aromatic carbocycles. The molecule has 3 rings (SSSR count). The van der Waals surface area contributed by atoms with Crippen molar-refractivity contribution in [2.45, 2.75) is 35.3 Å². The smallest absolute Gasteiger partial charge is 0.296 e. The lowest BCUT2D eigenvalue weighted by Gasteiger charge is -2.27. The first-order valence-corrected chi connectivity index (χ1v) is 12.3. The lowest BCUT2D eigenvalue weighted by atomic mass is 10.1. The van der Waals surface area contributed by atoms with Gasteiger partial charge in [0.1, 0.15) is 0 Å². The summed E-state index contributed by atoms with van der Waals surface area (Å²) in [6.45, 7) is 2.31. The molecule has 1 fully saturated rings. The second-order valence-corrected chi connectivity index (χ2v) is 10.6. The summed E-state index contributed by atoms with van der Waals surface area (Å²) in [6, 6.07) is 14.5. The highest BCUT2D eigenvalue weighted by Gasteiger charge is 2.38. The van der Waals surface area contributed by atoms with E-state index in [-0.39, 0.29) is 35.0 Å². The van der Waals surface area contributed by atoms with Crippen LogP contribution in [0.2, 0.25) is 0 Å². The molecule has 1 saturated heterocycles. The standard InChI is InChI=1S/C20H24O7S2/c1-17-7-9-19(10-8-17)29(23,24)27-13-11-20(25-14-15-26-20)12-16-28(21,22)18-5-3-2-4-6-18/h2-10H,11-16H2,1H3. The van der Waals surface area contributed by atoms with Crippen molar-refractivity contribution >= 4 is 20.0 Å². The summed E-state index contributed by atoms with van der Waals surface area (Å²) in [6.07, 6.45) is 0.181. The summed E-state index contributed by atoms with van der Waals surface area (Å²) in [4.78, 5) is 0.295. The Morgan fingerprint density at radius 1 is 0.862 bits per heavy atom. The van der Waals surface area contributed by atoms with Crippen LogP contribution in [0.1, 0.15) is 18.4 Å². The minimum Gasteiger partial charge on any atom is -0.347 e. The number of hydrogen-bond donors (Lipinski definition) is 0. The van der Waals surface area contributed by atoms with E-state index < -0.39 is 25.7 Å². The lowest BCUT2D eigenvalue weighted by Crippen LogP contribution is -2.34. The molecular formula is C20H24O7S2. The SMILES string of the molecule is Cc1ccc(S(=O)(=O)OCCC2(CCS(=O)(=O)c3ccccc3)OCCO2)cc1. The molecule has 0 spiro atoms. The molecule has 0 aromatic heterocycles. The third-order valence-electron chi connectivity index (χ3n) is 4.70. The maximum absolute atomic E-state index is 12.5. The summed E-state index contributed by atoms with van der Waals surface area (Å²) in [5, 5.41) is 0. The van der Waals surface area contributed by atoms with Gasteiger partial charge in [0, 0.05) is 12.8 Å². The van der Waals surface area contributed by atoms with Gasteiger partial charge in [-0.05, 0) is 31.2 Å². The maximum atomic E-state index is 12.5. The first kappa shape index (κ1) is 21.9. The Kier molecular flexibility index (Phi) is 6.75. The largest absolute Gasteiger partial charge is 0.347 e. The number of rotatable bonds is 9. The number of ether oxygens (including phenoxy) is 2. The van der Waals surface area contributed by atoms with Crippen LogP contribution in [0.15, 0.2) is 64.4 Å². The topological polar surface area (TPSA) is 96.0 Å². The molecule has 1 heterocycles. The van der Waals surface area contributed by atoms with Gasteiger partial charge in [-0.25, -0.2) is 8.42 Å². The molecule has 1 aliphatic heterocycles. The van der Waals surface area contributed by atoms with Crippen molar-refractivity contribution in [3.63, 3.8) is 0 Å². The second kappa shape index (κ2) is 8.93. The molecule has 1 aliphatic rings. The van der Waals surface area contributed by atoms with Crippen molar-refractivity contribution in [2.24, 2.45) is 0 Å². The molecule has 158 valence electrons. The van der Waals surface area contributed by atoms with Gasteiger partial charge in [-0.15, -0.1) is 0 Å². The lowest BCUT2D eigenvalue weighted by molar-refractivity contribution is -0.166. The van der Waals surface area contributed by atoms with Crippen LogP contribution >= 0.6 is 0 Å². The van der Waals surface area contributed by atoms with Gasteiger partial charge in [0.2, 0.25) is 0 Å². The van der Waals surface area contributed by atoms with Crippen LogP contribution in [0.5, 0.6) is 0 Å². The molecular weight excluding hydrogens is 416 g/mol. The Bertz CT molecular complexity index is 1010. The minimum absolute atomic E-state index is 0.0667. The van der Waals surface area contributed by atoms with Crippen molar-refractivity contribution in [3.05, 3.63) is 60.2 Å². The summed E-state index contributed by atoms with van der Waals surface area (Å²) < 4.78 is 66.1. The Morgan fingerprint density at radius 2 is 1.48 bits per heavy atom. The zero-order valence-electron chi connectivity index (χ0n) is 16.1. The van der Waals surface area contributed by atoms with E-state index in [1.165, 1.54) is 24.3 Å². The average Bonchev–Trinajstić information content (AvgIpc) is 3.17. The van der Waals surface area contributed by atoms with E-state index in [4.69, 9.17) is 13.7 Å². The van der Waals surface area contributed by atoms with Crippen LogP contribution in [-0.4, -0.2) is 48.2 Å². The molecule has 0 radical (unpaired) electrons. The van der Waals surface area contributed by atoms with E-state index in [9.17, 15) is 16.8 Å². The Morgan fingerprint density at radius 3 is 2.10 bits per heavy atom. The third kappa shape index (κ3) is 5.64. The van der Waals surface area contributed by atoms with Crippen LogP contribution in [0.3, 0.4) is 0 Å². The fourth-order valence-electron chi connectivity index (χ4n) is 3.03. The van der Waals surface area contributed by atoms with Crippen LogP contribution in [0.25, 0.3) is 0 Å². The zero-order valence-corrected chi connectivity index (χ0v) is 17.7. The van der Waals surface area contributed by atoms with E-state index >= 15 is 0 Å². The van der Waals surface area contributed by atoms with E-state index in [0.29, 0.717) is 13.2 Å². The first-order valence-electron chi connectivity index (χ1n) is 9.24. The van der Waals surface area contributed by atoms with Crippen molar-refractivity contribution in [3.8, 4) is 0 Å². The summed E-state index contributed by atoms with van der Waals surface area (Å²) in [5.74, 6) is -1.35. The molecule has 0 saturated carbocycles. The molecule has 9 heteroatoms. The fraction of sp³-hybridized carbons (Fsp3) is 0.400. The minimum atomic E-state index is -3.91. The Labute approximate surface area is 171 Å². The van der Waals surface area contributed by atoms with Gasteiger partial charge in [-0.2, -0.15) is 8.42 Å². The molecule has 0 unspecified atom stereocenters. The second-order valence-electron chi connectivity index (χ2n) is 6.83. The fourth-order valence-corrected chi connectivity index (χ4v) is 5.32. The molecule has 7 nitrogen and oxygen atoms in total. The third-order valence-corrected chi connectivity index (χ3v) is 7.76. The highest BCUT2D eigenvalue weighted by atomic mass is 32.2. The molecule has 0 bridgehead atoms. The molecule has 29 heavy (non-hydrogen) atoms. The van der Waals surface area contributed by atoms with E-state index in [1.807, 2.05) is 6.92 Å². The van der Waals surface area contributed by atoms with Gasteiger partial charge < -0.3 is 9.47 Å². The van der Waals surface area contributed by atoms with Crippen LogP contribution < -0.4 is 0 Å². The predicted octanol–water partition coefficient (Wildman–Crippen LogP) is 2.70. The molecule has 2 aromatic rings. The molecule has 0 atom stereocenters. The molecule has 0 N–H and O–H groups in total.